The Kier molecular flexibility index (Phi) is 1.93. The van der Waals surface area contributed by atoms with Gasteiger partial charge in [0, 0.05) is 0 Å². The molecule has 1 aliphatic rings. The van der Waals surface area contributed by atoms with Gasteiger partial charge in [-0.25, -0.2) is 0 Å². The number of ether oxygens (including phenoxy) is 1. The van der Waals surface area contributed by atoms with Crippen LogP contribution >= 0.6 is 0 Å². The number of hydrogen-bond donors (Lipinski definition) is 0. The molecule has 0 spiro atoms. The molecule has 1 heterocycles. The zero-order valence-electron chi connectivity index (χ0n) is 5.98. The lowest BCUT2D eigenvalue weighted by Gasteiger charge is -2.11. The van der Waals surface area contributed by atoms with Crippen molar-refractivity contribution < 1.29 is 4.74 Å². The van der Waals surface area contributed by atoms with E-state index in [-0.39, 0.29) is 0 Å². The van der Waals surface area contributed by atoms with Crippen LogP contribution in [0.2, 0.25) is 0 Å². The van der Waals surface area contributed by atoms with Crippen molar-refractivity contribution in [3.8, 4) is 0 Å². The van der Waals surface area contributed by atoms with Crippen molar-refractivity contribution in [3.63, 3.8) is 0 Å². The minimum atomic E-state index is 0.791. The van der Waals surface area contributed by atoms with Crippen molar-refractivity contribution in [3.05, 3.63) is 23.5 Å². The third-order valence-electron chi connectivity index (χ3n) is 1.49. The maximum atomic E-state index is 5.27. The Hall–Kier alpha value is -0.720. The van der Waals surface area contributed by atoms with Crippen LogP contribution in [0.5, 0.6) is 0 Å². The van der Waals surface area contributed by atoms with Gasteiger partial charge in [0.2, 0.25) is 0 Å². The average Bonchev–Trinajstić information content (AvgIpc) is 1.90. The summed E-state index contributed by atoms with van der Waals surface area (Å²) in [5.41, 5.74) is 1.38. The van der Waals surface area contributed by atoms with E-state index in [1.165, 1.54) is 5.57 Å². The Morgan fingerprint density at radius 2 is 2.33 bits per heavy atom. The van der Waals surface area contributed by atoms with E-state index in [1.54, 1.807) is 0 Å². The summed E-state index contributed by atoms with van der Waals surface area (Å²) in [6.07, 6.45) is 5.25. The highest BCUT2D eigenvalue weighted by molar-refractivity contribution is 5.18. The first-order valence-electron chi connectivity index (χ1n) is 3.32. The molecule has 1 rings (SSSR count). The number of hydrogen-bond acceptors (Lipinski definition) is 1. The second-order valence-electron chi connectivity index (χ2n) is 2.24. The highest BCUT2D eigenvalue weighted by Gasteiger charge is 1.99. The largest absolute Gasteiger partial charge is 0.494 e. The normalized spacial score (nSPS) is 18.0. The molecule has 0 saturated carbocycles. The molecule has 0 saturated heterocycles. The first-order valence-corrected chi connectivity index (χ1v) is 3.32. The molecule has 0 atom stereocenters. The molecule has 1 heteroatoms. The molecule has 0 aromatic carbocycles. The summed E-state index contributed by atoms with van der Waals surface area (Å²) >= 11 is 0. The van der Waals surface area contributed by atoms with Gasteiger partial charge in [0.25, 0.3) is 0 Å². The molecular formula is C8H12O. The standard InChI is InChI=1S/C8H12O/c1-3-8-5-4-7(2)9-6-8/h4-5H,3,6H2,1-2H3. The molecule has 0 radical (unpaired) electrons. The van der Waals surface area contributed by atoms with Crippen LogP contribution in [-0.4, -0.2) is 6.61 Å². The Balaban J connectivity index is 2.59. The fourth-order valence-electron chi connectivity index (χ4n) is 0.758. The molecule has 1 aliphatic heterocycles. The number of rotatable bonds is 1. The van der Waals surface area contributed by atoms with Gasteiger partial charge in [-0.1, -0.05) is 13.0 Å². The monoisotopic (exact) mass is 124 g/mol. The van der Waals surface area contributed by atoms with Crippen LogP contribution in [0.25, 0.3) is 0 Å². The van der Waals surface area contributed by atoms with E-state index >= 15 is 0 Å². The fourth-order valence-corrected chi connectivity index (χ4v) is 0.758. The first kappa shape index (κ1) is 6.40. The van der Waals surface area contributed by atoms with Crippen molar-refractivity contribution in [1.82, 2.24) is 0 Å². The van der Waals surface area contributed by atoms with Gasteiger partial charge in [-0.15, -0.1) is 0 Å². The van der Waals surface area contributed by atoms with Crippen molar-refractivity contribution in [2.45, 2.75) is 20.3 Å². The first-order chi connectivity index (χ1) is 4.33. The van der Waals surface area contributed by atoms with Crippen LogP contribution in [0.4, 0.5) is 0 Å². The summed E-state index contributed by atoms with van der Waals surface area (Å²) in [6.45, 7) is 4.91. The van der Waals surface area contributed by atoms with Crippen molar-refractivity contribution in [2.24, 2.45) is 0 Å². The highest BCUT2D eigenvalue weighted by Crippen LogP contribution is 2.11. The highest BCUT2D eigenvalue weighted by atomic mass is 16.5. The van der Waals surface area contributed by atoms with Crippen LogP contribution in [0.1, 0.15) is 20.3 Å². The van der Waals surface area contributed by atoms with E-state index < -0.39 is 0 Å². The minimum absolute atomic E-state index is 0.791. The minimum Gasteiger partial charge on any atom is -0.494 e. The third-order valence-corrected chi connectivity index (χ3v) is 1.49. The summed E-state index contributed by atoms with van der Waals surface area (Å²) in [6, 6.07) is 0. The molecule has 0 bridgehead atoms. The predicted molar refractivity (Wildman–Crippen MR) is 38.1 cm³/mol. The maximum Gasteiger partial charge on any atom is 0.109 e. The zero-order valence-corrected chi connectivity index (χ0v) is 5.98. The van der Waals surface area contributed by atoms with Crippen LogP contribution in [0.15, 0.2) is 23.5 Å². The van der Waals surface area contributed by atoms with E-state index in [2.05, 4.69) is 13.0 Å². The molecule has 0 N–H and O–H groups in total. The van der Waals surface area contributed by atoms with E-state index in [0.29, 0.717) is 0 Å². The summed E-state index contributed by atoms with van der Waals surface area (Å²) in [5.74, 6) is 1.02. The molecule has 0 fully saturated rings. The second kappa shape index (κ2) is 2.72. The second-order valence-corrected chi connectivity index (χ2v) is 2.24. The van der Waals surface area contributed by atoms with Crippen LogP contribution in [0, 0.1) is 0 Å². The summed E-state index contributed by atoms with van der Waals surface area (Å²) < 4.78 is 5.27. The quantitative estimate of drug-likeness (QED) is 0.521. The lowest BCUT2D eigenvalue weighted by Crippen LogP contribution is -1.99. The lowest BCUT2D eigenvalue weighted by molar-refractivity contribution is 0.234. The average molecular weight is 124 g/mol. The molecular weight excluding hydrogens is 112 g/mol. The third kappa shape index (κ3) is 1.60. The van der Waals surface area contributed by atoms with Crippen LogP contribution in [-0.2, 0) is 4.74 Å². The fraction of sp³-hybridized carbons (Fsp3) is 0.500. The van der Waals surface area contributed by atoms with Gasteiger partial charge in [-0.05, 0) is 25.0 Å². The Bertz CT molecular complexity index is 154. The Morgan fingerprint density at radius 1 is 1.56 bits per heavy atom. The summed E-state index contributed by atoms with van der Waals surface area (Å²) in [5, 5.41) is 0. The van der Waals surface area contributed by atoms with Gasteiger partial charge in [0.1, 0.15) is 6.61 Å². The molecule has 0 aliphatic carbocycles. The summed E-state index contributed by atoms with van der Waals surface area (Å²) in [7, 11) is 0. The van der Waals surface area contributed by atoms with Crippen molar-refractivity contribution in [2.75, 3.05) is 6.61 Å². The molecule has 0 unspecified atom stereocenters. The number of allylic oxidation sites excluding steroid dienone is 3. The molecule has 0 aromatic rings. The molecule has 9 heavy (non-hydrogen) atoms. The van der Waals surface area contributed by atoms with E-state index in [1.807, 2.05) is 13.0 Å². The van der Waals surface area contributed by atoms with Gasteiger partial charge in [0.05, 0.1) is 5.76 Å². The zero-order chi connectivity index (χ0) is 6.69. The van der Waals surface area contributed by atoms with E-state index in [0.717, 1.165) is 18.8 Å². The van der Waals surface area contributed by atoms with Crippen LogP contribution in [0.3, 0.4) is 0 Å². The van der Waals surface area contributed by atoms with Crippen molar-refractivity contribution >= 4 is 0 Å². The molecule has 0 amide bonds. The van der Waals surface area contributed by atoms with Gasteiger partial charge in [-0.2, -0.15) is 0 Å². The molecule has 0 aromatic heterocycles. The topological polar surface area (TPSA) is 9.23 Å². The van der Waals surface area contributed by atoms with Gasteiger partial charge >= 0.3 is 0 Å². The maximum absolute atomic E-state index is 5.27. The molecule has 50 valence electrons. The van der Waals surface area contributed by atoms with E-state index in [9.17, 15) is 0 Å². The van der Waals surface area contributed by atoms with Crippen LogP contribution < -0.4 is 0 Å². The predicted octanol–water partition coefficient (Wildman–Crippen LogP) is 2.26. The Labute approximate surface area is 56.0 Å². The van der Waals surface area contributed by atoms with E-state index in [4.69, 9.17) is 4.74 Å². The van der Waals surface area contributed by atoms with Gasteiger partial charge < -0.3 is 4.74 Å². The Morgan fingerprint density at radius 3 is 2.78 bits per heavy atom. The SMILES string of the molecule is CCC1=CC=C(C)OC1. The van der Waals surface area contributed by atoms with Crippen molar-refractivity contribution in [1.29, 1.82) is 0 Å². The summed E-state index contributed by atoms with van der Waals surface area (Å²) in [4.78, 5) is 0. The lowest BCUT2D eigenvalue weighted by atomic mass is 10.2. The van der Waals surface area contributed by atoms with Gasteiger partial charge in [-0.3, -0.25) is 0 Å². The molecule has 1 nitrogen and oxygen atoms in total. The van der Waals surface area contributed by atoms with Gasteiger partial charge in [0.15, 0.2) is 0 Å². The smallest absolute Gasteiger partial charge is 0.109 e.